The minimum absolute atomic E-state index is 0.0953. The fourth-order valence-corrected chi connectivity index (χ4v) is 7.58. The zero-order valence-corrected chi connectivity index (χ0v) is 27.4. The zero-order valence-electron chi connectivity index (χ0n) is 27.4. The number of hydrogen-bond donors (Lipinski definition) is 0. The molecule has 2 nitrogen and oxygen atoms in total. The molecule has 0 saturated heterocycles. The normalized spacial score (nSPS) is 14.3. The van der Waals surface area contributed by atoms with E-state index in [1.54, 1.807) is 0 Å². The van der Waals surface area contributed by atoms with Crippen LogP contribution in [-0.4, -0.2) is 26.9 Å². The molecule has 43 heavy (non-hydrogen) atoms. The second-order valence-corrected chi connectivity index (χ2v) is 11.6. The first kappa shape index (κ1) is 32.7. The van der Waals surface area contributed by atoms with E-state index in [4.69, 9.17) is 9.47 Å². The molecule has 0 N–H and O–H groups in total. The monoisotopic (exact) mass is 576 g/mol. The summed E-state index contributed by atoms with van der Waals surface area (Å²) in [6, 6.07) is 36.6. The van der Waals surface area contributed by atoms with Crippen molar-refractivity contribution in [2.45, 2.75) is 84.0 Å². The van der Waals surface area contributed by atoms with Gasteiger partial charge in [-0.05, 0) is 83.5 Å². The van der Waals surface area contributed by atoms with Gasteiger partial charge in [-0.1, -0.05) is 131 Å². The van der Waals surface area contributed by atoms with Gasteiger partial charge in [-0.2, -0.15) is 0 Å². The van der Waals surface area contributed by atoms with Crippen LogP contribution in [0.15, 0.2) is 97.1 Å². The summed E-state index contributed by atoms with van der Waals surface area (Å²) < 4.78 is 11.5. The van der Waals surface area contributed by atoms with Gasteiger partial charge < -0.3 is 9.47 Å². The van der Waals surface area contributed by atoms with E-state index in [9.17, 15) is 0 Å². The van der Waals surface area contributed by atoms with Crippen LogP contribution in [0.4, 0.5) is 0 Å². The third-order valence-electron chi connectivity index (χ3n) is 9.00. The number of rotatable bonds is 11. The van der Waals surface area contributed by atoms with Crippen LogP contribution in [0.1, 0.15) is 95.4 Å². The van der Waals surface area contributed by atoms with Gasteiger partial charge in [-0.25, -0.2) is 0 Å². The lowest BCUT2D eigenvalue weighted by molar-refractivity contribution is 0.136. The van der Waals surface area contributed by atoms with Gasteiger partial charge in [0.25, 0.3) is 0 Å². The molecular weight excluding hydrogens is 524 g/mol. The van der Waals surface area contributed by atoms with Crippen molar-refractivity contribution in [3.05, 3.63) is 119 Å². The average molecular weight is 577 g/mol. The maximum Gasteiger partial charge on any atom is 0.0466 e. The summed E-state index contributed by atoms with van der Waals surface area (Å²) in [5.74, 6) is 0. The van der Waals surface area contributed by atoms with Crippen molar-refractivity contribution in [1.29, 1.82) is 0 Å². The molecule has 4 aromatic rings. The molecule has 0 saturated carbocycles. The summed E-state index contributed by atoms with van der Waals surface area (Å²) in [5.41, 5.74) is 11.3. The second-order valence-electron chi connectivity index (χ2n) is 11.6. The number of fused-ring (bicyclic) bond motifs is 6. The molecule has 4 aromatic carbocycles. The van der Waals surface area contributed by atoms with Gasteiger partial charge in [0.05, 0.1) is 0 Å². The van der Waals surface area contributed by atoms with Crippen molar-refractivity contribution in [3.63, 3.8) is 0 Å². The standard InChI is InChI=1S/C36H38O2.C3H8.C2H6/c1-3-38-25-13-23-36(33-20-10-6-16-29(33)30-17-7-11-21-34(30)36)26-35(22-12-24-37-2)31-18-8-4-14-27(31)28-15-5-9-19-32(28)35;1-3-2;1-2/h4-11,14-21H,3,12-13,22-26H2,1-2H3;3H2,1-2H3;1-2H3. The number of methoxy groups -OCH3 is 1. The van der Waals surface area contributed by atoms with Crippen LogP contribution in [0.2, 0.25) is 0 Å². The maximum absolute atomic E-state index is 5.88. The maximum atomic E-state index is 5.88. The summed E-state index contributed by atoms with van der Waals surface area (Å²) in [6.45, 7) is 12.7. The number of benzene rings is 4. The number of hydrogen-bond acceptors (Lipinski definition) is 2. The third kappa shape index (κ3) is 6.24. The van der Waals surface area contributed by atoms with Gasteiger partial charge >= 0.3 is 0 Å². The Labute approximate surface area is 261 Å². The number of ether oxygens (including phenoxy) is 2. The molecule has 0 aliphatic heterocycles. The summed E-state index contributed by atoms with van der Waals surface area (Å²) in [6.07, 6.45) is 6.48. The molecule has 0 amide bonds. The van der Waals surface area contributed by atoms with Crippen molar-refractivity contribution in [2.24, 2.45) is 0 Å². The summed E-state index contributed by atoms with van der Waals surface area (Å²) in [4.78, 5) is 0. The topological polar surface area (TPSA) is 18.5 Å². The molecule has 0 aromatic heterocycles. The Morgan fingerprint density at radius 1 is 0.512 bits per heavy atom. The molecule has 0 radical (unpaired) electrons. The van der Waals surface area contributed by atoms with Crippen LogP contribution in [0.25, 0.3) is 22.3 Å². The summed E-state index contributed by atoms with van der Waals surface area (Å²) in [7, 11) is 1.82. The van der Waals surface area contributed by atoms with Gasteiger partial charge in [0.2, 0.25) is 0 Å². The summed E-state index contributed by atoms with van der Waals surface area (Å²) in [5, 5.41) is 0. The highest BCUT2D eigenvalue weighted by molar-refractivity contribution is 5.84. The predicted molar refractivity (Wildman–Crippen MR) is 184 cm³/mol. The first-order valence-electron chi connectivity index (χ1n) is 16.6. The smallest absolute Gasteiger partial charge is 0.0466 e. The Morgan fingerprint density at radius 3 is 1.16 bits per heavy atom. The Kier molecular flexibility index (Phi) is 11.8. The Hall–Kier alpha value is -3.20. The van der Waals surface area contributed by atoms with Crippen LogP contribution in [0, 0.1) is 0 Å². The Morgan fingerprint density at radius 2 is 0.837 bits per heavy atom. The second kappa shape index (κ2) is 15.5. The fourth-order valence-electron chi connectivity index (χ4n) is 7.58. The molecule has 0 heterocycles. The van der Waals surface area contributed by atoms with Crippen LogP contribution < -0.4 is 0 Å². The highest BCUT2D eigenvalue weighted by Gasteiger charge is 2.52. The lowest BCUT2D eigenvalue weighted by atomic mass is 9.60. The minimum atomic E-state index is -0.0953. The molecule has 228 valence electrons. The van der Waals surface area contributed by atoms with Crippen LogP contribution in [-0.2, 0) is 20.3 Å². The SMILES string of the molecule is CC.CCC.CCOCCCC1(CC2(CCCOC)c3ccccc3-c3ccccc32)c2ccccc2-c2ccccc21. The van der Waals surface area contributed by atoms with Crippen molar-refractivity contribution in [2.75, 3.05) is 26.9 Å². The minimum Gasteiger partial charge on any atom is -0.385 e. The van der Waals surface area contributed by atoms with Crippen LogP contribution in [0.3, 0.4) is 0 Å². The van der Waals surface area contributed by atoms with Crippen molar-refractivity contribution >= 4 is 0 Å². The Balaban J connectivity index is 0.000000798. The molecule has 0 atom stereocenters. The van der Waals surface area contributed by atoms with E-state index in [1.165, 1.54) is 50.9 Å². The van der Waals surface area contributed by atoms with Gasteiger partial charge in [0.15, 0.2) is 0 Å². The molecule has 0 fully saturated rings. The summed E-state index contributed by atoms with van der Waals surface area (Å²) >= 11 is 0. The average Bonchev–Trinajstić information content (AvgIpc) is 3.49. The Bertz CT molecular complexity index is 1340. The van der Waals surface area contributed by atoms with E-state index in [2.05, 4.69) is 118 Å². The zero-order chi connectivity index (χ0) is 30.7. The van der Waals surface area contributed by atoms with E-state index >= 15 is 0 Å². The van der Waals surface area contributed by atoms with E-state index in [-0.39, 0.29) is 10.8 Å². The molecule has 2 heteroatoms. The van der Waals surface area contributed by atoms with Gasteiger partial charge in [-0.15, -0.1) is 0 Å². The first-order chi connectivity index (χ1) is 21.2. The molecule has 0 bridgehead atoms. The highest BCUT2D eigenvalue weighted by atomic mass is 16.5. The van der Waals surface area contributed by atoms with E-state index in [0.717, 1.165) is 51.9 Å². The van der Waals surface area contributed by atoms with Gasteiger partial charge in [0.1, 0.15) is 0 Å². The third-order valence-corrected chi connectivity index (χ3v) is 9.00. The lowest BCUT2D eigenvalue weighted by Crippen LogP contribution is -2.38. The van der Waals surface area contributed by atoms with Crippen molar-refractivity contribution in [1.82, 2.24) is 0 Å². The van der Waals surface area contributed by atoms with E-state index in [0.29, 0.717) is 0 Å². The first-order valence-corrected chi connectivity index (χ1v) is 16.6. The molecule has 2 aliphatic carbocycles. The van der Waals surface area contributed by atoms with Crippen molar-refractivity contribution in [3.8, 4) is 22.3 Å². The van der Waals surface area contributed by atoms with E-state index < -0.39 is 0 Å². The molecule has 6 rings (SSSR count). The van der Waals surface area contributed by atoms with Gasteiger partial charge in [-0.3, -0.25) is 0 Å². The molecular formula is C41H52O2. The molecule has 0 unspecified atom stereocenters. The fraction of sp³-hybridized carbons (Fsp3) is 0.415. The van der Waals surface area contributed by atoms with Crippen molar-refractivity contribution < 1.29 is 9.47 Å². The lowest BCUT2D eigenvalue weighted by Gasteiger charge is -2.43. The van der Waals surface area contributed by atoms with Crippen LogP contribution >= 0.6 is 0 Å². The molecule has 0 spiro atoms. The largest absolute Gasteiger partial charge is 0.385 e. The van der Waals surface area contributed by atoms with E-state index in [1.807, 2.05) is 21.0 Å². The van der Waals surface area contributed by atoms with Crippen LogP contribution in [0.5, 0.6) is 0 Å². The quantitative estimate of drug-likeness (QED) is 0.165. The molecule has 2 aliphatic rings. The van der Waals surface area contributed by atoms with Gasteiger partial charge in [0, 0.05) is 37.8 Å². The highest BCUT2D eigenvalue weighted by Crippen LogP contribution is 2.62. The predicted octanol–water partition coefficient (Wildman–Crippen LogP) is 11.0.